The first-order chi connectivity index (χ1) is 9.93. The lowest BCUT2D eigenvalue weighted by Gasteiger charge is -2.24. The van der Waals surface area contributed by atoms with E-state index in [0.29, 0.717) is 28.5 Å². The van der Waals surface area contributed by atoms with Crippen molar-refractivity contribution in [2.45, 2.75) is 31.2 Å². The lowest BCUT2D eigenvalue weighted by molar-refractivity contribution is -0.146. The smallest absolute Gasteiger partial charge is 0.329 e. The van der Waals surface area contributed by atoms with Gasteiger partial charge in [-0.25, -0.2) is 4.79 Å². The minimum Gasteiger partial charge on any atom is -0.480 e. The second-order valence-corrected chi connectivity index (χ2v) is 5.93. The van der Waals surface area contributed by atoms with Crippen LogP contribution in [0.4, 0.5) is 0 Å². The Morgan fingerprint density at radius 1 is 1.24 bits per heavy atom. The van der Waals surface area contributed by atoms with Gasteiger partial charge in [-0.3, -0.25) is 4.79 Å². The van der Waals surface area contributed by atoms with Gasteiger partial charge in [-0.2, -0.15) is 0 Å². The fourth-order valence-electron chi connectivity index (χ4n) is 2.46. The molecule has 1 saturated carbocycles. The summed E-state index contributed by atoms with van der Waals surface area (Å²) in [6, 6.07) is 4.92. The zero-order valence-electron chi connectivity index (χ0n) is 11.2. The largest absolute Gasteiger partial charge is 0.480 e. The standard InChI is InChI=1S/C15H15Cl2NO3/c16-11-4-5-12(17)10(9-11)3-6-13(19)18-15(14(20)21)7-1-2-8-15/h3-6,9H,1-2,7-8H2,(H,18,19)(H,20,21)/b6-3+. The molecule has 0 aliphatic heterocycles. The van der Waals surface area contributed by atoms with Crippen LogP contribution in [0.15, 0.2) is 24.3 Å². The molecule has 112 valence electrons. The number of carboxylic acid groups (broad SMARTS) is 1. The Morgan fingerprint density at radius 2 is 1.90 bits per heavy atom. The Labute approximate surface area is 132 Å². The molecule has 0 unspecified atom stereocenters. The van der Waals surface area contributed by atoms with Crippen LogP contribution in [0.25, 0.3) is 6.08 Å². The van der Waals surface area contributed by atoms with Crippen LogP contribution in [0.5, 0.6) is 0 Å². The summed E-state index contributed by atoms with van der Waals surface area (Å²) in [7, 11) is 0. The zero-order chi connectivity index (χ0) is 15.5. The van der Waals surface area contributed by atoms with Crippen LogP contribution >= 0.6 is 23.2 Å². The third kappa shape index (κ3) is 3.77. The summed E-state index contributed by atoms with van der Waals surface area (Å²) in [5.74, 6) is -1.43. The molecule has 1 aromatic rings. The Balaban J connectivity index is 2.09. The normalized spacial score (nSPS) is 17.0. The third-order valence-electron chi connectivity index (χ3n) is 3.60. The van der Waals surface area contributed by atoms with E-state index in [1.165, 1.54) is 12.2 Å². The number of hydrogen-bond donors (Lipinski definition) is 2. The number of amides is 1. The van der Waals surface area contributed by atoms with Crippen LogP contribution in [0, 0.1) is 0 Å². The lowest BCUT2D eigenvalue weighted by Crippen LogP contribution is -2.52. The highest BCUT2D eigenvalue weighted by molar-refractivity contribution is 6.34. The topological polar surface area (TPSA) is 66.4 Å². The zero-order valence-corrected chi connectivity index (χ0v) is 12.7. The molecular weight excluding hydrogens is 313 g/mol. The molecule has 1 aliphatic rings. The van der Waals surface area contributed by atoms with Gasteiger partial charge in [-0.15, -0.1) is 0 Å². The number of rotatable bonds is 4. The van der Waals surface area contributed by atoms with Crippen molar-refractivity contribution < 1.29 is 14.7 Å². The highest BCUT2D eigenvalue weighted by Gasteiger charge is 2.42. The predicted octanol–water partition coefficient (Wildman–Crippen LogP) is 3.52. The van der Waals surface area contributed by atoms with Gasteiger partial charge in [0, 0.05) is 16.1 Å². The first-order valence-corrected chi connectivity index (χ1v) is 7.37. The van der Waals surface area contributed by atoms with Crippen LogP contribution in [0.2, 0.25) is 10.0 Å². The molecule has 1 aromatic carbocycles. The third-order valence-corrected chi connectivity index (χ3v) is 4.18. The molecule has 0 atom stereocenters. The molecule has 1 aliphatic carbocycles. The molecule has 4 nitrogen and oxygen atoms in total. The average Bonchev–Trinajstić information content (AvgIpc) is 2.89. The van der Waals surface area contributed by atoms with Crippen molar-refractivity contribution in [1.82, 2.24) is 5.32 Å². The van der Waals surface area contributed by atoms with Gasteiger partial charge in [0.2, 0.25) is 5.91 Å². The van der Waals surface area contributed by atoms with Gasteiger partial charge in [0.15, 0.2) is 0 Å². The van der Waals surface area contributed by atoms with Gasteiger partial charge in [0.05, 0.1) is 0 Å². The first kappa shape index (κ1) is 15.9. The molecule has 0 heterocycles. The molecular formula is C15H15Cl2NO3. The Kier molecular flexibility index (Phi) is 4.91. The molecule has 21 heavy (non-hydrogen) atoms. The quantitative estimate of drug-likeness (QED) is 0.831. The lowest BCUT2D eigenvalue weighted by atomic mass is 9.98. The SMILES string of the molecule is O=C(/C=C/c1cc(Cl)ccc1Cl)NC1(C(=O)O)CCCC1. The number of carbonyl (C=O) groups excluding carboxylic acids is 1. The molecule has 6 heteroatoms. The van der Waals surface area contributed by atoms with Crippen molar-refractivity contribution in [2.75, 3.05) is 0 Å². The highest BCUT2D eigenvalue weighted by Crippen LogP contribution is 2.30. The molecule has 0 bridgehead atoms. The summed E-state index contributed by atoms with van der Waals surface area (Å²) in [4.78, 5) is 23.3. The number of hydrogen-bond acceptors (Lipinski definition) is 2. The maximum Gasteiger partial charge on any atom is 0.329 e. The van der Waals surface area contributed by atoms with Gasteiger partial charge in [0.25, 0.3) is 0 Å². The Bertz CT molecular complexity index is 593. The summed E-state index contributed by atoms with van der Waals surface area (Å²) in [5.41, 5.74) is -0.533. The van der Waals surface area contributed by atoms with Gasteiger partial charge in [-0.05, 0) is 42.7 Å². The van der Waals surface area contributed by atoms with Crippen molar-refractivity contribution in [2.24, 2.45) is 0 Å². The van der Waals surface area contributed by atoms with E-state index in [9.17, 15) is 14.7 Å². The Hall–Kier alpha value is -1.52. The number of aliphatic carboxylic acids is 1. The number of halogens is 2. The van der Waals surface area contributed by atoms with Crippen LogP contribution < -0.4 is 5.32 Å². The molecule has 0 aromatic heterocycles. The fourth-order valence-corrected chi connectivity index (χ4v) is 2.82. The average molecular weight is 328 g/mol. The van der Waals surface area contributed by atoms with Gasteiger partial charge in [0.1, 0.15) is 5.54 Å². The minimum atomic E-state index is -1.14. The van der Waals surface area contributed by atoms with Crippen LogP contribution in [0.1, 0.15) is 31.2 Å². The number of carbonyl (C=O) groups is 2. The highest BCUT2D eigenvalue weighted by atomic mass is 35.5. The molecule has 2 rings (SSSR count). The second kappa shape index (κ2) is 6.50. The van der Waals surface area contributed by atoms with Crippen molar-refractivity contribution in [1.29, 1.82) is 0 Å². The first-order valence-electron chi connectivity index (χ1n) is 6.62. The Morgan fingerprint density at radius 3 is 2.52 bits per heavy atom. The van der Waals surface area contributed by atoms with Crippen molar-refractivity contribution >= 4 is 41.2 Å². The molecule has 0 radical (unpaired) electrons. The van der Waals surface area contributed by atoms with Crippen LogP contribution in [-0.4, -0.2) is 22.5 Å². The molecule has 0 saturated heterocycles. The maximum atomic E-state index is 11.9. The van der Waals surface area contributed by atoms with E-state index in [1.54, 1.807) is 18.2 Å². The minimum absolute atomic E-state index is 0.449. The molecule has 1 fully saturated rings. The summed E-state index contributed by atoms with van der Waals surface area (Å²) < 4.78 is 0. The molecule has 1 amide bonds. The van der Waals surface area contributed by atoms with E-state index in [-0.39, 0.29) is 0 Å². The van der Waals surface area contributed by atoms with Crippen molar-refractivity contribution in [3.63, 3.8) is 0 Å². The molecule has 2 N–H and O–H groups in total. The van der Waals surface area contributed by atoms with Gasteiger partial charge < -0.3 is 10.4 Å². The van der Waals surface area contributed by atoms with Gasteiger partial charge >= 0.3 is 5.97 Å². The van der Waals surface area contributed by atoms with Crippen LogP contribution in [-0.2, 0) is 9.59 Å². The number of benzene rings is 1. The van der Waals surface area contributed by atoms with E-state index >= 15 is 0 Å². The summed E-state index contributed by atoms with van der Waals surface area (Å²) >= 11 is 11.9. The summed E-state index contributed by atoms with van der Waals surface area (Å²) in [5, 5.41) is 12.9. The molecule has 0 spiro atoms. The van der Waals surface area contributed by atoms with E-state index in [2.05, 4.69) is 5.32 Å². The number of nitrogens with one attached hydrogen (secondary N) is 1. The van der Waals surface area contributed by atoms with Crippen LogP contribution in [0.3, 0.4) is 0 Å². The summed E-state index contributed by atoms with van der Waals surface area (Å²) in [6.45, 7) is 0. The monoisotopic (exact) mass is 327 g/mol. The van der Waals surface area contributed by atoms with Crippen molar-refractivity contribution in [3.8, 4) is 0 Å². The van der Waals surface area contributed by atoms with Gasteiger partial charge in [-0.1, -0.05) is 36.0 Å². The van der Waals surface area contributed by atoms with E-state index in [4.69, 9.17) is 23.2 Å². The summed E-state index contributed by atoms with van der Waals surface area (Å²) in [6.07, 6.45) is 5.32. The predicted molar refractivity (Wildman–Crippen MR) is 82.5 cm³/mol. The number of carboxylic acids is 1. The van der Waals surface area contributed by atoms with Crippen molar-refractivity contribution in [3.05, 3.63) is 39.9 Å². The maximum absolute atomic E-state index is 11.9. The fraction of sp³-hybridized carbons (Fsp3) is 0.333. The van der Waals surface area contributed by atoms with E-state index in [1.807, 2.05) is 0 Å². The van der Waals surface area contributed by atoms with E-state index in [0.717, 1.165) is 12.8 Å². The van der Waals surface area contributed by atoms with E-state index < -0.39 is 17.4 Å². The second-order valence-electron chi connectivity index (χ2n) is 5.08.